The molecule has 0 aromatic rings. The summed E-state index contributed by atoms with van der Waals surface area (Å²) in [6.45, 7) is 9.61. The third-order valence-corrected chi connectivity index (χ3v) is 21.4. The van der Waals surface area contributed by atoms with Crippen molar-refractivity contribution in [2.75, 3.05) is 39.6 Å². The van der Waals surface area contributed by atoms with Gasteiger partial charge in [-0.2, -0.15) is 0 Å². The van der Waals surface area contributed by atoms with E-state index in [-0.39, 0.29) is 25.7 Å². The van der Waals surface area contributed by atoms with Gasteiger partial charge in [-0.1, -0.05) is 388 Å². The lowest BCUT2D eigenvalue weighted by molar-refractivity contribution is -0.161. The van der Waals surface area contributed by atoms with Crippen molar-refractivity contribution in [1.82, 2.24) is 0 Å². The van der Waals surface area contributed by atoms with Crippen LogP contribution < -0.4 is 0 Å². The zero-order valence-corrected chi connectivity index (χ0v) is 68.7. The molecular weight excluding hydrogens is 1330 g/mol. The van der Waals surface area contributed by atoms with Crippen LogP contribution in [0.1, 0.15) is 440 Å². The van der Waals surface area contributed by atoms with Crippen molar-refractivity contribution >= 4 is 39.5 Å². The summed E-state index contributed by atoms with van der Waals surface area (Å²) in [5, 5.41) is 10.6. The minimum absolute atomic E-state index is 0.107. The first-order chi connectivity index (χ1) is 49.4. The van der Waals surface area contributed by atoms with Gasteiger partial charge in [-0.3, -0.25) is 37.3 Å². The predicted octanol–water partition coefficient (Wildman–Crippen LogP) is 25.1. The van der Waals surface area contributed by atoms with Gasteiger partial charge in [0.2, 0.25) is 0 Å². The van der Waals surface area contributed by atoms with Crippen molar-refractivity contribution in [2.45, 2.75) is 458 Å². The second-order valence-corrected chi connectivity index (χ2v) is 33.7. The van der Waals surface area contributed by atoms with Gasteiger partial charge in [0.25, 0.3) is 0 Å². The molecule has 0 aliphatic carbocycles. The first kappa shape index (κ1) is 100. The number of aliphatic hydroxyl groups is 1. The average molecular weight is 1490 g/mol. The zero-order valence-electron chi connectivity index (χ0n) is 66.9. The molecular formula is C83H162O17P2. The Morgan fingerprint density at radius 2 is 0.451 bits per heavy atom. The fourth-order valence-corrected chi connectivity index (χ4v) is 14.5. The van der Waals surface area contributed by atoms with Gasteiger partial charge in [0.1, 0.15) is 19.3 Å². The molecule has 2 unspecified atom stereocenters. The van der Waals surface area contributed by atoms with E-state index in [4.69, 9.17) is 37.0 Å². The Labute approximate surface area is 626 Å². The number of rotatable bonds is 82. The molecule has 5 atom stereocenters. The summed E-state index contributed by atoms with van der Waals surface area (Å²) in [4.78, 5) is 72.8. The van der Waals surface area contributed by atoms with E-state index >= 15 is 0 Å². The van der Waals surface area contributed by atoms with Crippen molar-refractivity contribution in [3.63, 3.8) is 0 Å². The number of aliphatic hydroxyl groups excluding tert-OH is 1. The summed E-state index contributed by atoms with van der Waals surface area (Å²) < 4.78 is 68.5. The quantitative estimate of drug-likeness (QED) is 0.0222. The van der Waals surface area contributed by atoms with E-state index in [1.54, 1.807) is 0 Å². The molecule has 0 aliphatic rings. The Hall–Kier alpha value is -1.94. The molecule has 0 bridgehead atoms. The second-order valence-electron chi connectivity index (χ2n) is 30.8. The molecule has 0 spiro atoms. The third-order valence-electron chi connectivity index (χ3n) is 19.5. The summed E-state index contributed by atoms with van der Waals surface area (Å²) in [7, 11) is -9.91. The van der Waals surface area contributed by atoms with Crippen molar-refractivity contribution in [3.05, 3.63) is 0 Å². The molecule has 0 saturated heterocycles. The van der Waals surface area contributed by atoms with Gasteiger partial charge in [0, 0.05) is 25.7 Å². The van der Waals surface area contributed by atoms with Crippen LogP contribution in [-0.4, -0.2) is 96.7 Å². The van der Waals surface area contributed by atoms with Crippen LogP contribution in [0, 0.1) is 11.8 Å². The van der Waals surface area contributed by atoms with Gasteiger partial charge >= 0.3 is 39.5 Å². The van der Waals surface area contributed by atoms with Gasteiger partial charge in [-0.05, 0) is 37.5 Å². The summed E-state index contributed by atoms with van der Waals surface area (Å²) in [6, 6.07) is 0. The van der Waals surface area contributed by atoms with Gasteiger partial charge < -0.3 is 33.8 Å². The topological polar surface area (TPSA) is 237 Å². The Kier molecular flexibility index (Phi) is 73.1. The standard InChI is InChI=1S/C83H162O17P2/c1-7-9-11-13-14-15-16-17-18-19-20-24-27-33-38-43-48-54-60-66-81(86)94-72-79(100-83(88)68-62-55-49-44-39-34-28-25-22-21-23-26-31-36-41-46-52-57-63-75(3)4)74-98-102(91,92)96-70-77(84)69-95-101(89,90)97-73-78(71-93-80(85)65-59-51-12-10-8-2)99-82(87)67-61-56-50-45-40-35-30-29-32-37-42-47-53-58-64-76(5)6/h75-79,84H,7-74H2,1-6H3,(H,89,90)(H,91,92)/t77-,78+,79+/m0/s1. The lowest BCUT2D eigenvalue weighted by Gasteiger charge is -2.21. The molecule has 0 rings (SSSR count). The number of hydrogen-bond donors (Lipinski definition) is 3. The number of unbranched alkanes of at least 4 members (excludes halogenated alkanes) is 52. The monoisotopic (exact) mass is 1490 g/mol. The molecule has 19 heteroatoms. The lowest BCUT2D eigenvalue weighted by Crippen LogP contribution is -2.30. The molecule has 0 aliphatic heterocycles. The van der Waals surface area contributed by atoms with Crippen molar-refractivity contribution < 1.29 is 80.2 Å². The summed E-state index contributed by atoms with van der Waals surface area (Å²) in [6.07, 6.45) is 65.8. The number of esters is 4. The van der Waals surface area contributed by atoms with Gasteiger partial charge in [-0.25, -0.2) is 9.13 Å². The van der Waals surface area contributed by atoms with E-state index in [1.165, 1.54) is 250 Å². The van der Waals surface area contributed by atoms with E-state index < -0.39 is 97.5 Å². The number of carbonyl (C=O) groups excluding carboxylic acids is 4. The molecule has 0 fully saturated rings. The number of hydrogen-bond acceptors (Lipinski definition) is 15. The molecule has 0 amide bonds. The predicted molar refractivity (Wildman–Crippen MR) is 418 cm³/mol. The van der Waals surface area contributed by atoms with Crippen LogP contribution in [0.25, 0.3) is 0 Å². The molecule has 606 valence electrons. The highest BCUT2D eigenvalue weighted by Gasteiger charge is 2.30. The van der Waals surface area contributed by atoms with Crippen LogP contribution in [0.3, 0.4) is 0 Å². The maximum Gasteiger partial charge on any atom is 0.472 e. The van der Waals surface area contributed by atoms with E-state index in [2.05, 4.69) is 41.5 Å². The van der Waals surface area contributed by atoms with Crippen molar-refractivity contribution in [1.29, 1.82) is 0 Å². The second kappa shape index (κ2) is 74.5. The molecule has 0 aromatic carbocycles. The van der Waals surface area contributed by atoms with Crippen LogP contribution in [0.4, 0.5) is 0 Å². The Morgan fingerprint density at radius 3 is 0.667 bits per heavy atom. The molecule has 0 saturated carbocycles. The number of ether oxygens (including phenoxy) is 4. The van der Waals surface area contributed by atoms with Crippen LogP contribution in [-0.2, 0) is 65.4 Å². The van der Waals surface area contributed by atoms with Crippen LogP contribution >= 0.6 is 15.6 Å². The number of phosphoric acid groups is 2. The van der Waals surface area contributed by atoms with Crippen molar-refractivity contribution in [3.8, 4) is 0 Å². The summed E-state index contributed by atoms with van der Waals surface area (Å²) >= 11 is 0. The minimum Gasteiger partial charge on any atom is -0.462 e. The molecule has 3 N–H and O–H groups in total. The fraction of sp³-hybridized carbons (Fsp3) is 0.952. The van der Waals surface area contributed by atoms with Gasteiger partial charge in [0.05, 0.1) is 26.4 Å². The lowest BCUT2D eigenvalue weighted by atomic mass is 10.0. The van der Waals surface area contributed by atoms with E-state index in [0.717, 1.165) is 108 Å². The summed E-state index contributed by atoms with van der Waals surface area (Å²) in [5.41, 5.74) is 0. The molecule has 17 nitrogen and oxygen atoms in total. The van der Waals surface area contributed by atoms with Crippen LogP contribution in [0.5, 0.6) is 0 Å². The highest BCUT2D eigenvalue weighted by molar-refractivity contribution is 7.47. The van der Waals surface area contributed by atoms with Gasteiger partial charge in [0.15, 0.2) is 12.2 Å². The van der Waals surface area contributed by atoms with E-state index in [1.807, 2.05) is 0 Å². The molecule has 0 radical (unpaired) electrons. The summed E-state index contributed by atoms with van der Waals surface area (Å²) in [5.74, 6) is -0.502. The Bertz CT molecular complexity index is 1960. The van der Waals surface area contributed by atoms with E-state index in [0.29, 0.717) is 25.7 Å². The maximum atomic E-state index is 13.1. The normalized spacial score (nSPS) is 13.9. The SMILES string of the molecule is CCCCCCCCCCCCCCCCCCCCCC(=O)OC[C@H](COP(=O)(O)OC[C@@H](O)COP(=O)(O)OC[C@@H](COC(=O)CCCCCCC)OC(=O)CCCCCCCCCCCCCCCCC(C)C)OC(=O)CCCCCCCCCCCCCCCCCCCCC(C)C. The van der Waals surface area contributed by atoms with Crippen molar-refractivity contribution in [2.24, 2.45) is 11.8 Å². The van der Waals surface area contributed by atoms with Crippen LogP contribution in [0.2, 0.25) is 0 Å². The molecule has 0 aromatic heterocycles. The highest BCUT2D eigenvalue weighted by Crippen LogP contribution is 2.45. The number of phosphoric ester groups is 2. The molecule has 0 heterocycles. The maximum absolute atomic E-state index is 13.1. The largest absolute Gasteiger partial charge is 0.472 e. The first-order valence-corrected chi connectivity index (χ1v) is 46.0. The van der Waals surface area contributed by atoms with Crippen LogP contribution in [0.15, 0.2) is 0 Å². The minimum atomic E-state index is -4.96. The third kappa shape index (κ3) is 76.3. The smallest absolute Gasteiger partial charge is 0.462 e. The first-order valence-electron chi connectivity index (χ1n) is 43.0. The zero-order chi connectivity index (χ0) is 74.9. The van der Waals surface area contributed by atoms with Gasteiger partial charge in [-0.15, -0.1) is 0 Å². The fourth-order valence-electron chi connectivity index (χ4n) is 12.9. The Morgan fingerprint density at radius 1 is 0.265 bits per heavy atom. The highest BCUT2D eigenvalue weighted by atomic mass is 31.2. The Balaban J connectivity index is 5.11. The number of carbonyl (C=O) groups is 4. The molecule has 102 heavy (non-hydrogen) atoms. The van der Waals surface area contributed by atoms with E-state index in [9.17, 15) is 43.2 Å². The average Bonchev–Trinajstić information content (AvgIpc) is 0.977.